The molecule has 3 atom stereocenters. The van der Waals surface area contributed by atoms with Gasteiger partial charge in [0.25, 0.3) is 0 Å². The van der Waals surface area contributed by atoms with Crippen molar-refractivity contribution in [2.75, 3.05) is 12.0 Å². The molecule has 0 saturated carbocycles. The van der Waals surface area contributed by atoms with Crippen molar-refractivity contribution in [3.8, 4) is 22.4 Å². The predicted molar refractivity (Wildman–Crippen MR) is 131 cm³/mol. The lowest BCUT2D eigenvalue weighted by atomic mass is 9.89. The van der Waals surface area contributed by atoms with E-state index >= 15 is 0 Å². The molecule has 2 fully saturated rings. The summed E-state index contributed by atoms with van der Waals surface area (Å²) >= 11 is 0. The Morgan fingerprint density at radius 2 is 1.80 bits per heavy atom. The van der Waals surface area contributed by atoms with E-state index in [-0.39, 0.29) is 22.4 Å². The zero-order valence-electron chi connectivity index (χ0n) is 19.1. The molecule has 0 amide bonds. The van der Waals surface area contributed by atoms with E-state index in [1.807, 2.05) is 6.07 Å². The number of nitrogen functional groups attached to an aromatic ring is 1. The third-order valence-corrected chi connectivity index (χ3v) is 8.28. The maximum Gasteiger partial charge on any atom is 0.180 e. The summed E-state index contributed by atoms with van der Waals surface area (Å²) in [5.74, 6) is -0.275. The Bertz CT molecular complexity index is 1540. The lowest BCUT2D eigenvalue weighted by Crippen LogP contribution is -2.38. The number of fused-ring (bicyclic) bond motifs is 3. The number of pyridine rings is 1. The SMILES string of the molecule is CS(=O)(=O)c1c([C@@H]2C[C@H]3CC[C@@H](C2)N3)nc2c(-c3ccc(-c4ccccc4F)nc3)cnn2c1N. The minimum Gasteiger partial charge on any atom is -0.382 e. The molecule has 0 unspecified atom stereocenters. The average molecular weight is 493 g/mol. The van der Waals surface area contributed by atoms with Crippen molar-refractivity contribution in [1.29, 1.82) is 0 Å². The van der Waals surface area contributed by atoms with E-state index in [1.165, 1.54) is 16.8 Å². The molecule has 2 aliphatic heterocycles. The molecule has 0 spiro atoms. The second kappa shape index (κ2) is 8.10. The molecule has 4 aromatic rings. The third kappa shape index (κ3) is 3.77. The van der Waals surface area contributed by atoms with Crippen molar-refractivity contribution in [3.05, 3.63) is 60.3 Å². The molecule has 0 radical (unpaired) electrons. The molecule has 8 nitrogen and oxygen atoms in total. The Morgan fingerprint density at radius 3 is 2.46 bits per heavy atom. The first-order valence-electron chi connectivity index (χ1n) is 11.6. The summed E-state index contributed by atoms with van der Waals surface area (Å²) in [5, 5.41) is 7.95. The Labute approximate surface area is 202 Å². The number of piperidine rings is 1. The summed E-state index contributed by atoms with van der Waals surface area (Å²) in [7, 11) is -3.63. The normalized spacial score (nSPS) is 22.1. The number of hydrogen-bond donors (Lipinski definition) is 2. The largest absolute Gasteiger partial charge is 0.382 e. The fraction of sp³-hybridized carbons (Fsp3) is 0.320. The van der Waals surface area contributed by atoms with Gasteiger partial charge in [-0.25, -0.2) is 17.8 Å². The number of aromatic nitrogens is 4. The summed E-state index contributed by atoms with van der Waals surface area (Å²) in [6.45, 7) is 0. The van der Waals surface area contributed by atoms with Gasteiger partial charge in [-0.15, -0.1) is 0 Å². The zero-order chi connectivity index (χ0) is 24.3. The molecular formula is C25H25FN6O2S. The van der Waals surface area contributed by atoms with E-state index < -0.39 is 9.84 Å². The van der Waals surface area contributed by atoms with Crippen molar-refractivity contribution >= 4 is 21.3 Å². The van der Waals surface area contributed by atoms with Gasteiger partial charge in [-0.1, -0.05) is 18.2 Å². The zero-order valence-corrected chi connectivity index (χ0v) is 20.0. The maximum absolute atomic E-state index is 14.2. The van der Waals surface area contributed by atoms with Crippen LogP contribution < -0.4 is 11.1 Å². The number of nitrogens with one attached hydrogen (secondary N) is 1. The van der Waals surface area contributed by atoms with Crippen LogP contribution in [0.1, 0.15) is 37.3 Å². The number of hydrogen-bond acceptors (Lipinski definition) is 7. The third-order valence-electron chi connectivity index (χ3n) is 7.12. The van der Waals surface area contributed by atoms with Gasteiger partial charge < -0.3 is 11.1 Å². The maximum atomic E-state index is 14.2. The van der Waals surface area contributed by atoms with Gasteiger partial charge in [0.2, 0.25) is 0 Å². The monoisotopic (exact) mass is 492 g/mol. The number of nitrogens with zero attached hydrogens (tertiary/aromatic N) is 4. The second-order valence-corrected chi connectivity index (χ2v) is 11.4. The lowest BCUT2D eigenvalue weighted by molar-refractivity contribution is 0.355. The van der Waals surface area contributed by atoms with Crippen LogP contribution in [0.2, 0.25) is 0 Å². The van der Waals surface area contributed by atoms with Gasteiger partial charge in [0, 0.05) is 47.1 Å². The molecule has 5 heterocycles. The summed E-state index contributed by atoms with van der Waals surface area (Å²) < 4.78 is 41.2. The van der Waals surface area contributed by atoms with Crippen molar-refractivity contribution in [1.82, 2.24) is 24.9 Å². The van der Waals surface area contributed by atoms with Gasteiger partial charge in [-0.2, -0.15) is 9.61 Å². The van der Waals surface area contributed by atoms with Crippen LogP contribution in [0.3, 0.4) is 0 Å². The van der Waals surface area contributed by atoms with E-state index in [0.29, 0.717) is 40.2 Å². The van der Waals surface area contributed by atoms with E-state index in [4.69, 9.17) is 10.7 Å². The van der Waals surface area contributed by atoms with Gasteiger partial charge in [-0.05, 0) is 43.9 Å². The highest BCUT2D eigenvalue weighted by Gasteiger charge is 2.38. The number of sulfone groups is 1. The first-order valence-corrected chi connectivity index (χ1v) is 13.5. The molecule has 180 valence electrons. The Kier molecular flexibility index (Phi) is 5.12. The topological polar surface area (TPSA) is 115 Å². The van der Waals surface area contributed by atoms with E-state index in [0.717, 1.165) is 31.2 Å². The number of halogens is 1. The number of nitrogens with two attached hydrogens (primary N) is 1. The molecule has 6 rings (SSSR count). The summed E-state index contributed by atoms with van der Waals surface area (Å²) in [5.41, 5.74) is 9.77. The second-order valence-electron chi connectivity index (χ2n) is 9.50. The first kappa shape index (κ1) is 22.1. The standard InChI is InChI=1S/C25H25FN6O2S/c1-35(33,34)23-22(15-10-16-7-8-17(11-15)30-16)31-25-19(13-29-32(25)24(23)27)14-6-9-21(28-12-14)18-4-2-3-5-20(18)26/h2-6,9,12-13,15-17,30H,7-8,10-11,27H2,1H3/t15-,16-,17+. The molecule has 1 aromatic carbocycles. The highest BCUT2D eigenvalue weighted by Crippen LogP contribution is 2.41. The van der Waals surface area contributed by atoms with Gasteiger partial charge in [-0.3, -0.25) is 4.98 Å². The molecule has 10 heteroatoms. The molecule has 2 saturated heterocycles. The van der Waals surface area contributed by atoms with Gasteiger partial charge in [0.1, 0.15) is 16.5 Å². The Balaban J connectivity index is 1.48. The molecule has 0 aliphatic carbocycles. The minimum atomic E-state index is -3.63. The smallest absolute Gasteiger partial charge is 0.180 e. The summed E-state index contributed by atoms with van der Waals surface area (Å²) in [6, 6.07) is 10.8. The molecular weight excluding hydrogens is 467 g/mol. The first-order chi connectivity index (χ1) is 16.8. The molecule has 2 aliphatic rings. The van der Waals surface area contributed by atoms with E-state index in [9.17, 15) is 12.8 Å². The van der Waals surface area contributed by atoms with Crippen LogP contribution in [0.15, 0.2) is 53.7 Å². The van der Waals surface area contributed by atoms with Crippen molar-refractivity contribution in [3.63, 3.8) is 0 Å². The molecule has 3 aromatic heterocycles. The van der Waals surface area contributed by atoms with Crippen LogP contribution in [-0.2, 0) is 9.84 Å². The quantitative estimate of drug-likeness (QED) is 0.447. The molecule has 3 N–H and O–H groups in total. The van der Waals surface area contributed by atoms with Gasteiger partial charge in [0.05, 0.1) is 17.6 Å². The van der Waals surface area contributed by atoms with Crippen molar-refractivity contribution in [2.45, 2.75) is 48.6 Å². The van der Waals surface area contributed by atoms with Crippen molar-refractivity contribution in [2.24, 2.45) is 0 Å². The van der Waals surface area contributed by atoms with Gasteiger partial charge in [0.15, 0.2) is 15.5 Å². The van der Waals surface area contributed by atoms with Crippen molar-refractivity contribution < 1.29 is 12.8 Å². The van der Waals surface area contributed by atoms with Crippen LogP contribution in [-0.4, -0.2) is 46.3 Å². The number of anilines is 1. The number of rotatable bonds is 4. The Morgan fingerprint density at radius 1 is 1.06 bits per heavy atom. The average Bonchev–Trinajstić information content (AvgIpc) is 3.41. The Hall–Kier alpha value is -3.37. The van der Waals surface area contributed by atoms with Gasteiger partial charge >= 0.3 is 0 Å². The lowest BCUT2D eigenvalue weighted by Gasteiger charge is -2.30. The van der Waals surface area contributed by atoms with Crippen LogP contribution in [0.25, 0.3) is 28.0 Å². The summed E-state index contributed by atoms with van der Waals surface area (Å²) in [4.78, 5) is 9.40. The molecule has 2 bridgehead atoms. The highest BCUT2D eigenvalue weighted by atomic mass is 32.2. The fourth-order valence-corrected chi connectivity index (χ4v) is 6.60. The highest BCUT2D eigenvalue weighted by molar-refractivity contribution is 7.91. The predicted octanol–water partition coefficient (Wildman–Crippen LogP) is 3.58. The van der Waals surface area contributed by atoms with Crippen LogP contribution in [0.5, 0.6) is 0 Å². The fourth-order valence-electron chi connectivity index (χ4n) is 5.54. The molecule has 35 heavy (non-hydrogen) atoms. The van der Waals surface area contributed by atoms with E-state index in [1.54, 1.807) is 36.7 Å². The minimum absolute atomic E-state index is 0.00455. The number of benzene rings is 1. The van der Waals surface area contributed by atoms with Crippen LogP contribution >= 0.6 is 0 Å². The summed E-state index contributed by atoms with van der Waals surface area (Å²) in [6.07, 6.45) is 8.25. The van der Waals surface area contributed by atoms with E-state index in [2.05, 4.69) is 15.4 Å². The van der Waals surface area contributed by atoms with Crippen LogP contribution in [0.4, 0.5) is 10.2 Å². The van der Waals surface area contributed by atoms with Crippen LogP contribution in [0, 0.1) is 5.82 Å².